The molecule has 0 spiro atoms. The molecule has 1 aromatic carbocycles. The number of benzene rings is 1. The second-order valence-electron chi connectivity index (χ2n) is 6.10. The molecule has 0 bridgehead atoms. The molecule has 2 amide bonds. The first kappa shape index (κ1) is 20.8. The Morgan fingerprint density at radius 2 is 2.13 bits per heavy atom. The van der Waals surface area contributed by atoms with Gasteiger partial charge in [0.15, 0.2) is 11.6 Å². The van der Waals surface area contributed by atoms with Gasteiger partial charge in [-0.25, -0.2) is 14.8 Å². The van der Waals surface area contributed by atoms with Crippen molar-refractivity contribution in [3.05, 3.63) is 52.7 Å². The zero-order valence-electron chi connectivity index (χ0n) is 16.0. The molecule has 2 aromatic rings. The van der Waals surface area contributed by atoms with Crippen LogP contribution in [-0.4, -0.2) is 44.7 Å². The Labute approximate surface area is 177 Å². The maximum atomic E-state index is 12.2. The summed E-state index contributed by atoms with van der Waals surface area (Å²) in [4.78, 5) is 44.8. The molecule has 2 heterocycles. The summed E-state index contributed by atoms with van der Waals surface area (Å²) in [5.74, 6) is -1.57. The lowest BCUT2D eigenvalue weighted by Gasteiger charge is -2.18. The van der Waals surface area contributed by atoms with E-state index in [-0.39, 0.29) is 35.1 Å². The van der Waals surface area contributed by atoms with Gasteiger partial charge < -0.3 is 4.74 Å². The number of amides is 2. The average molecular weight is 421 g/mol. The summed E-state index contributed by atoms with van der Waals surface area (Å²) in [7, 11) is 0. The highest BCUT2D eigenvalue weighted by Gasteiger charge is 2.30. The average Bonchev–Trinajstić information content (AvgIpc) is 2.99. The van der Waals surface area contributed by atoms with E-state index in [9.17, 15) is 19.6 Å². The molecule has 30 heavy (non-hydrogen) atoms. The number of aromatic nitrogens is 2. The second kappa shape index (κ2) is 8.59. The number of anilines is 1. The Kier molecular flexibility index (Phi) is 5.94. The molecule has 10 heteroatoms. The molecule has 0 saturated heterocycles. The third-order valence-corrected chi connectivity index (χ3v) is 4.33. The maximum absolute atomic E-state index is 12.2. The molecule has 0 saturated carbocycles. The summed E-state index contributed by atoms with van der Waals surface area (Å²) in [6, 6.07) is 8.35. The Balaban J connectivity index is 2.07. The van der Waals surface area contributed by atoms with Crippen molar-refractivity contribution >= 4 is 41.2 Å². The number of nitriles is 1. The molecule has 1 aliphatic rings. The van der Waals surface area contributed by atoms with Crippen molar-refractivity contribution < 1.29 is 19.1 Å². The smallest absolute Gasteiger partial charge is 0.338 e. The van der Waals surface area contributed by atoms with Crippen LogP contribution in [0.15, 0.2) is 35.9 Å². The number of nitrogens with one attached hydrogen (secondary N) is 1. The van der Waals surface area contributed by atoms with E-state index in [1.807, 2.05) is 6.07 Å². The van der Waals surface area contributed by atoms with Gasteiger partial charge in [-0.3, -0.25) is 15.0 Å². The number of carbonyl (C=O) groups is 3. The molecule has 9 nitrogen and oxygen atoms in total. The topological polar surface area (TPSA) is 125 Å². The Bertz CT molecular complexity index is 1150. The zero-order chi connectivity index (χ0) is 21.8. The Hall–Kier alpha value is -3.97. The number of nitrogens with zero attached hydrogens (tertiary/aromatic N) is 4. The van der Waals surface area contributed by atoms with Gasteiger partial charge in [-0.05, 0) is 26.0 Å². The monoisotopic (exact) mass is 421 g/mol. The molecule has 0 unspecified atom stereocenters. The van der Waals surface area contributed by atoms with Crippen LogP contribution in [0.1, 0.15) is 35.5 Å². The number of thiocarbonyl (C=S) groups is 1. The zero-order valence-corrected chi connectivity index (χ0v) is 16.8. The lowest BCUT2D eigenvalue weighted by molar-refractivity contribution is -0.135. The van der Waals surface area contributed by atoms with Crippen LogP contribution in [0.3, 0.4) is 0 Å². The van der Waals surface area contributed by atoms with Gasteiger partial charge in [0.05, 0.1) is 17.9 Å². The third-order valence-electron chi connectivity index (χ3n) is 4.11. The summed E-state index contributed by atoms with van der Waals surface area (Å²) in [6.45, 7) is 3.43. The second-order valence-corrected chi connectivity index (χ2v) is 6.34. The number of esters is 1. The number of rotatable bonds is 6. The Morgan fingerprint density at radius 3 is 2.73 bits per heavy atom. The minimum Gasteiger partial charge on any atom is -0.462 e. The van der Waals surface area contributed by atoms with E-state index in [0.717, 1.165) is 5.01 Å². The molecule has 3 rings (SSSR count). The molecule has 0 aliphatic carbocycles. The van der Waals surface area contributed by atoms with Crippen LogP contribution in [0.5, 0.6) is 0 Å². The molecule has 0 atom stereocenters. The van der Waals surface area contributed by atoms with Crippen LogP contribution in [0.2, 0.25) is 0 Å². The van der Waals surface area contributed by atoms with Gasteiger partial charge in [-0.2, -0.15) is 10.3 Å². The van der Waals surface area contributed by atoms with Crippen LogP contribution < -0.4 is 5.43 Å². The lowest BCUT2D eigenvalue weighted by Crippen LogP contribution is -2.37. The fourth-order valence-corrected chi connectivity index (χ4v) is 2.85. The first-order chi connectivity index (χ1) is 14.4. The largest absolute Gasteiger partial charge is 0.462 e. The maximum Gasteiger partial charge on any atom is 0.338 e. The molecular formula is C20H15N5O4S. The van der Waals surface area contributed by atoms with E-state index >= 15 is 0 Å². The van der Waals surface area contributed by atoms with E-state index in [4.69, 9.17) is 17.0 Å². The van der Waals surface area contributed by atoms with Gasteiger partial charge in [0.1, 0.15) is 11.6 Å². The van der Waals surface area contributed by atoms with Gasteiger partial charge in [-0.15, -0.1) is 0 Å². The van der Waals surface area contributed by atoms with E-state index < -0.39 is 17.8 Å². The van der Waals surface area contributed by atoms with Crippen molar-refractivity contribution in [3.8, 4) is 17.5 Å². The highest BCUT2D eigenvalue weighted by atomic mass is 32.1. The van der Waals surface area contributed by atoms with E-state index in [2.05, 4.69) is 15.4 Å². The van der Waals surface area contributed by atoms with Crippen LogP contribution in [-0.2, 0) is 14.3 Å². The van der Waals surface area contributed by atoms with E-state index in [0.29, 0.717) is 11.1 Å². The molecule has 0 radical (unpaired) electrons. The first-order valence-electron chi connectivity index (χ1n) is 8.77. The number of hydrogen-bond acceptors (Lipinski definition) is 9. The fraction of sp³-hybridized carbons (Fsp3) is 0.150. The summed E-state index contributed by atoms with van der Waals surface area (Å²) in [6.07, 6.45) is 1.17. The van der Waals surface area contributed by atoms with Crippen molar-refractivity contribution in [1.82, 2.24) is 15.0 Å². The molecule has 1 aromatic heterocycles. The standard InChI is InChI=1S/C20H15N5O4S/c1-3-29-20(28)13-6-4-5-12(8-13)17-22-15(10-30)14(9-21)18(23-17)24-25-16(26)7-11(2)19(25)27/h4-8,10H,3H2,1-2H3,(H,22,23,24). The number of hydrazine groups is 1. The van der Waals surface area contributed by atoms with Crippen molar-refractivity contribution in [2.75, 3.05) is 12.0 Å². The Morgan fingerprint density at radius 1 is 1.37 bits per heavy atom. The predicted molar refractivity (Wildman–Crippen MR) is 110 cm³/mol. The van der Waals surface area contributed by atoms with Crippen molar-refractivity contribution in [2.45, 2.75) is 13.8 Å². The third kappa shape index (κ3) is 3.92. The van der Waals surface area contributed by atoms with Crippen LogP contribution in [0, 0.1) is 11.3 Å². The predicted octanol–water partition coefficient (Wildman–Crippen LogP) is 2.18. The number of hydrogen-bond donors (Lipinski definition) is 1. The van der Waals surface area contributed by atoms with Gasteiger partial charge in [-0.1, -0.05) is 24.4 Å². The molecule has 0 fully saturated rings. The van der Waals surface area contributed by atoms with Crippen molar-refractivity contribution in [1.29, 1.82) is 5.26 Å². The summed E-state index contributed by atoms with van der Waals surface area (Å²) >= 11 is 4.97. The minimum atomic E-state index is -0.588. The van der Waals surface area contributed by atoms with Crippen LogP contribution in [0.25, 0.3) is 11.4 Å². The van der Waals surface area contributed by atoms with E-state index in [1.54, 1.807) is 25.1 Å². The van der Waals surface area contributed by atoms with Crippen molar-refractivity contribution in [2.24, 2.45) is 0 Å². The highest BCUT2D eigenvalue weighted by Crippen LogP contribution is 2.24. The normalized spacial score (nSPS) is 13.0. The van der Waals surface area contributed by atoms with Crippen molar-refractivity contribution in [3.63, 3.8) is 0 Å². The van der Waals surface area contributed by atoms with Gasteiger partial charge in [0.2, 0.25) is 0 Å². The van der Waals surface area contributed by atoms with Gasteiger partial charge in [0.25, 0.3) is 11.8 Å². The lowest BCUT2D eigenvalue weighted by atomic mass is 10.1. The van der Waals surface area contributed by atoms with Gasteiger partial charge in [0, 0.05) is 22.6 Å². The van der Waals surface area contributed by atoms with E-state index in [1.165, 1.54) is 24.4 Å². The molecular weight excluding hydrogens is 406 g/mol. The first-order valence-corrected chi connectivity index (χ1v) is 9.25. The molecule has 150 valence electrons. The molecule has 1 aliphatic heterocycles. The number of carbonyl (C=O) groups excluding carboxylic acids is 3. The van der Waals surface area contributed by atoms with Gasteiger partial charge >= 0.3 is 5.97 Å². The number of ether oxygens (including phenoxy) is 1. The van der Waals surface area contributed by atoms with Crippen LogP contribution >= 0.6 is 12.2 Å². The summed E-state index contributed by atoms with van der Waals surface area (Å²) in [5.41, 5.74) is 3.69. The SMILES string of the molecule is CCOC(=O)c1cccc(-c2nc(C=S)c(C#N)c(NN3C(=O)C=C(C)C3=O)n2)c1. The molecule has 1 N–H and O–H groups in total. The summed E-state index contributed by atoms with van der Waals surface area (Å²) < 4.78 is 5.00. The summed E-state index contributed by atoms with van der Waals surface area (Å²) in [5, 5.41) is 11.5. The quantitative estimate of drug-likeness (QED) is 0.424. The van der Waals surface area contributed by atoms with Crippen LogP contribution in [0.4, 0.5) is 5.82 Å². The fourth-order valence-electron chi connectivity index (χ4n) is 2.68. The highest BCUT2D eigenvalue weighted by molar-refractivity contribution is 7.79. The minimum absolute atomic E-state index is 0.0274. The number of imide groups is 1.